The first-order valence-electron chi connectivity index (χ1n) is 4.13. The molecule has 1 rings (SSSR count). The van der Waals surface area contributed by atoms with Crippen LogP contribution in [0.2, 0.25) is 0 Å². The minimum Gasteiger partial charge on any atom is -0.334 e. The fourth-order valence-electron chi connectivity index (χ4n) is 0.873. The van der Waals surface area contributed by atoms with Crippen molar-refractivity contribution in [3.63, 3.8) is 0 Å². The molecule has 0 atom stereocenters. The molecular formula is C10H11IN2O. The monoisotopic (exact) mass is 302 g/mol. The first-order chi connectivity index (χ1) is 6.72. The Kier molecular flexibility index (Phi) is 4.45. The summed E-state index contributed by atoms with van der Waals surface area (Å²) in [6.07, 6.45) is 1.63. The number of amides is 2. The Morgan fingerprint density at radius 1 is 1.43 bits per heavy atom. The minimum absolute atomic E-state index is 0.217. The molecule has 14 heavy (non-hydrogen) atoms. The van der Waals surface area contributed by atoms with Gasteiger partial charge in [-0.15, -0.1) is 6.58 Å². The smallest absolute Gasteiger partial charge is 0.319 e. The van der Waals surface area contributed by atoms with Gasteiger partial charge >= 0.3 is 6.03 Å². The van der Waals surface area contributed by atoms with E-state index in [9.17, 15) is 4.79 Å². The minimum atomic E-state index is -0.217. The molecule has 1 aromatic carbocycles. The summed E-state index contributed by atoms with van der Waals surface area (Å²) in [5, 5.41) is 5.33. The van der Waals surface area contributed by atoms with E-state index in [1.807, 2.05) is 24.3 Å². The van der Waals surface area contributed by atoms with Crippen LogP contribution in [0.1, 0.15) is 0 Å². The predicted octanol–water partition coefficient (Wildman–Crippen LogP) is 2.60. The van der Waals surface area contributed by atoms with Crippen LogP contribution in [0, 0.1) is 3.57 Å². The van der Waals surface area contributed by atoms with Crippen molar-refractivity contribution >= 4 is 34.3 Å². The molecule has 0 unspecified atom stereocenters. The molecule has 74 valence electrons. The van der Waals surface area contributed by atoms with Crippen molar-refractivity contribution in [2.24, 2.45) is 0 Å². The van der Waals surface area contributed by atoms with E-state index in [2.05, 4.69) is 39.8 Å². The van der Waals surface area contributed by atoms with E-state index in [0.29, 0.717) is 6.54 Å². The molecule has 0 heterocycles. The molecule has 4 heteroatoms. The lowest BCUT2D eigenvalue weighted by Gasteiger charge is -2.05. The molecule has 0 radical (unpaired) electrons. The second-order valence-corrected chi connectivity index (χ2v) is 3.88. The maximum atomic E-state index is 11.2. The Balaban J connectivity index is 2.47. The normalized spacial score (nSPS) is 9.21. The quantitative estimate of drug-likeness (QED) is 0.654. The van der Waals surface area contributed by atoms with Crippen LogP contribution in [-0.2, 0) is 0 Å². The van der Waals surface area contributed by atoms with Crippen LogP contribution in [0.15, 0.2) is 36.9 Å². The van der Waals surface area contributed by atoms with Crippen LogP contribution >= 0.6 is 22.6 Å². The second-order valence-electron chi connectivity index (χ2n) is 2.63. The first kappa shape index (κ1) is 11.0. The summed E-state index contributed by atoms with van der Waals surface area (Å²) in [4.78, 5) is 11.2. The average Bonchev–Trinajstić information content (AvgIpc) is 2.18. The molecule has 0 fully saturated rings. The summed E-state index contributed by atoms with van der Waals surface area (Å²) >= 11 is 2.21. The third-order valence-corrected chi connectivity index (χ3v) is 2.23. The summed E-state index contributed by atoms with van der Waals surface area (Å²) in [5.74, 6) is 0. The highest BCUT2D eigenvalue weighted by Crippen LogP contribution is 2.10. The van der Waals surface area contributed by atoms with Crippen molar-refractivity contribution in [2.45, 2.75) is 0 Å². The Morgan fingerprint density at radius 3 is 2.64 bits per heavy atom. The van der Waals surface area contributed by atoms with Gasteiger partial charge in [-0.2, -0.15) is 0 Å². The van der Waals surface area contributed by atoms with Crippen LogP contribution in [0.3, 0.4) is 0 Å². The molecule has 1 aromatic rings. The van der Waals surface area contributed by atoms with E-state index < -0.39 is 0 Å². The fourth-order valence-corrected chi connectivity index (χ4v) is 1.23. The molecule has 2 amide bonds. The lowest BCUT2D eigenvalue weighted by atomic mass is 10.3. The second kappa shape index (κ2) is 5.64. The van der Waals surface area contributed by atoms with E-state index in [-0.39, 0.29) is 6.03 Å². The highest BCUT2D eigenvalue weighted by atomic mass is 127. The topological polar surface area (TPSA) is 41.1 Å². The SMILES string of the molecule is C=CCNC(=O)Nc1ccc(I)cc1. The highest BCUT2D eigenvalue weighted by molar-refractivity contribution is 14.1. The van der Waals surface area contributed by atoms with Gasteiger partial charge in [0.2, 0.25) is 0 Å². The van der Waals surface area contributed by atoms with Crippen molar-refractivity contribution in [1.82, 2.24) is 5.32 Å². The van der Waals surface area contributed by atoms with Crippen LogP contribution in [-0.4, -0.2) is 12.6 Å². The molecule has 2 N–H and O–H groups in total. The zero-order valence-corrected chi connectivity index (χ0v) is 9.74. The third-order valence-electron chi connectivity index (χ3n) is 1.51. The number of carbonyl (C=O) groups excluding carboxylic acids is 1. The van der Waals surface area contributed by atoms with Crippen LogP contribution in [0.4, 0.5) is 10.5 Å². The van der Waals surface area contributed by atoms with Crippen molar-refractivity contribution in [3.8, 4) is 0 Å². The van der Waals surface area contributed by atoms with E-state index >= 15 is 0 Å². The lowest BCUT2D eigenvalue weighted by Crippen LogP contribution is -2.28. The van der Waals surface area contributed by atoms with Gasteiger partial charge in [-0.1, -0.05) is 6.08 Å². The van der Waals surface area contributed by atoms with Crippen molar-refractivity contribution < 1.29 is 4.79 Å². The van der Waals surface area contributed by atoms with Crippen LogP contribution < -0.4 is 10.6 Å². The molecule has 0 aliphatic carbocycles. The zero-order valence-electron chi connectivity index (χ0n) is 7.59. The van der Waals surface area contributed by atoms with Gasteiger partial charge < -0.3 is 10.6 Å². The number of rotatable bonds is 3. The number of carbonyl (C=O) groups is 1. The molecule has 0 saturated carbocycles. The van der Waals surface area contributed by atoms with Crippen molar-refractivity contribution in [3.05, 3.63) is 40.5 Å². The third kappa shape index (κ3) is 3.78. The van der Waals surface area contributed by atoms with Gasteiger partial charge in [0.05, 0.1) is 0 Å². The largest absolute Gasteiger partial charge is 0.334 e. The summed E-state index contributed by atoms with van der Waals surface area (Å²) < 4.78 is 1.14. The van der Waals surface area contributed by atoms with Gasteiger partial charge in [-0.25, -0.2) is 4.79 Å². The molecule has 0 bridgehead atoms. The van der Waals surface area contributed by atoms with Gasteiger partial charge in [-0.05, 0) is 46.9 Å². The number of halogens is 1. The molecular weight excluding hydrogens is 291 g/mol. The maximum Gasteiger partial charge on any atom is 0.319 e. The van der Waals surface area contributed by atoms with E-state index in [4.69, 9.17) is 0 Å². The Morgan fingerprint density at radius 2 is 2.07 bits per heavy atom. The summed E-state index contributed by atoms with van der Waals surface area (Å²) in [7, 11) is 0. The van der Waals surface area contributed by atoms with E-state index in [0.717, 1.165) is 9.26 Å². The van der Waals surface area contributed by atoms with Crippen molar-refractivity contribution in [2.75, 3.05) is 11.9 Å². The first-order valence-corrected chi connectivity index (χ1v) is 5.21. The standard InChI is InChI=1S/C10H11IN2O/c1-2-7-12-10(14)13-9-5-3-8(11)4-6-9/h2-6H,1,7H2,(H2,12,13,14). The van der Waals surface area contributed by atoms with Crippen LogP contribution in [0.25, 0.3) is 0 Å². The fraction of sp³-hybridized carbons (Fsp3) is 0.100. The van der Waals surface area contributed by atoms with Gasteiger partial charge in [0.15, 0.2) is 0 Å². The predicted molar refractivity (Wildman–Crippen MR) is 66.4 cm³/mol. The Bertz CT molecular complexity index is 321. The lowest BCUT2D eigenvalue weighted by molar-refractivity contribution is 0.253. The number of anilines is 1. The van der Waals surface area contributed by atoms with E-state index in [1.165, 1.54) is 0 Å². The van der Waals surface area contributed by atoms with E-state index in [1.54, 1.807) is 6.08 Å². The van der Waals surface area contributed by atoms with Gasteiger partial charge in [0.25, 0.3) is 0 Å². The van der Waals surface area contributed by atoms with Crippen molar-refractivity contribution in [1.29, 1.82) is 0 Å². The molecule has 3 nitrogen and oxygen atoms in total. The molecule has 0 spiro atoms. The van der Waals surface area contributed by atoms with Gasteiger partial charge in [-0.3, -0.25) is 0 Å². The zero-order chi connectivity index (χ0) is 10.4. The number of nitrogens with one attached hydrogen (secondary N) is 2. The summed E-state index contributed by atoms with van der Waals surface area (Å²) in [6, 6.07) is 7.36. The van der Waals surface area contributed by atoms with Gasteiger partial charge in [0.1, 0.15) is 0 Å². The summed E-state index contributed by atoms with van der Waals surface area (Å²) in [6.45, 7) is 3.98. The summed E-state index contributed by atoms with van der Waals surface area (Å²) in [5.41, 5.74) is 0.784. The average molecular weight is 302 g/mol. The molecule has 0 aliphatic rings. The number of hydrogen-bond acceptors (Lipinski definition) is 1. The molecule has 0 aromatic heterocycles. The maximum absolute atomic E-state index is 11.2. The Hall–Kier alpha value is -1.04. The van der Waals surface area contributed by atoms with Crippen LogP contribution in [0.5, 0.6) is 0 Å². The number of hydrogen-bond donors (Lipinski definition) is 2. The highest BCUT2D eigenvalue weighted by Gasteiger charge is 1.98. The number of urea groups is 1. The molecule has 0 saturated heterocycles. The van der Waals surface area contributed by atoms with Gasteiger partial charge in [0, 0.05) is 15.8 Å². The Labute approximate surface area is 96.7 Å². The molecule has 0 aliphatic heterocycles. The number of benzene rings is 1.